The minimum atomic E-state index is -0.826. The first-order valence-electron chi connectivity index (χ1n) is 8.20. The van der Waals surface area contributed by atoms with Crippen LogP contribution in [0.4, 0.5) is 0 Å². The summed E-state index contributed by atoms with van der Waals surface area (Å²) in [7, 11) is 1.59. The fraction of sp³-hybridized carbons (Fsp3) is 0.350. The number of carbonyl (C=O) groups is 1. The van der Waals surface area contributed by atoms with Gasteiger partial charge in [-0.1, -0.05) is 37.3 Å². The molecule has 0 heterocycles. The van der Waals surface area contributed by atoms with Gasteiger partial charge in [-0.3, -0.25) is 4.79 Å². The van der Waals surface area contributed by atoms with Crippen LogP contribution in [0.25, 0.3) is 0 Å². The Bertz CT molecular complexity index is 677. The van der Waals surface area contributed by atoms with Crippen molar-refractivity contribution in [3.8, 4) is 11.5 Å². The zero-order chi connectivity index (χ0) is 17.5. The predicted octanol–water partition coefficient (Wildman–Crippen LogP) is 4.07. The topological polar surface area (TPSA) is 55.8 Å². The first-order chi connectivity index (χ1) is 11.6. The van der Waals surface area contributed by atoms with Crippen LogP contribution in [0, 0.1) is 0 Å². The molecule has 0 fully saturated rings. The van der Waals surface area contributed by atoms with Crippen molar-refractivity contribution in [3.63, 3.8) is 0 Å². The number of benzene rings is 2. The van der Waals surface area contributed by atoms with Crippen molar-refractivity contribution in [1.82, 2.24) is 0 Å². The molecule has 4 heteroatoms. The SMILES string of the molecule is CCOc1cc(CC(C(=O)O)c2ccc(CC)cc2)ccc1OC. The highest BCUT2D eigenvalue weighted by molar-refractivity contribution is 5.76. The van der Waals surface area contributed by atoms with Crippen molar-refractivity contribution >= 4 is 5.97 Å². The molecule has 128 valence electrons. The Morgan fingerprint density at radius 3 is 2.25 bits per heavy atom. The number of ether oxygens (including phenoxy) is 2. The lowest BCUT2D eigenvalue weighted by molar-refractivity contribution is -0.138. The van der Waals surface area contributed by atoms with E-state index in [0.29, 0.717) is 24.5 Å². The number of hydrogen-bond acceptors (Lipinski definition) is 3. The Kier molecular flexibility index (Phi) is 6.24. The summed E-state index contributed by atoms with van der Waals surface area (Å²) in [6.45, 7) is 4.51. The van der Waals surface area contributed by atoms with Crippen LogP contribution in [-0.4, -0.2) is 24.8 Å². The van der Waals surface area contributed by atoms with Gasteiger partial charge in [0.25, 0.3) is 0 Å². The Hall–Kier alpha value is -2.49. The number of rotatable bonds is 8. The molecule has 2 aromatic carbocycles. The summed E-state index contributed by atoms with van der Waals surface area (Å²) in [6, 6.07) is 13.4. The van der Waals surface area contributed by atoms with E-state index in [9.17, 15) is 9.90 Å². The van der Waals surface area contributed by atoms with Gasteiger partial charge in [0.2, 0.25) is 0 Å². The highest BCUT2D eigenvalue weighted by Crippen LogP contribution is 2.30. The molecule has 0 saturated heterocycles. The third kappa shape index (κ3) is 4.28. The molecule has 0 aliphatic rings. The molecule has 0 saturated carbocycles. The zero-order valence-electron chi connectivity index (χ0n) is 14.4. The molecule has 2 aromatic rings. The van der Waals surface area contributed by atoms with E-state index in [0.717, 1.165) is 17.5 Å². The monoisotopic (exact) mass is 328 g/mol. The van der Waals surface area contributed by atoms with Gasteiger partial charge >= 0.3 is 5.97 Å². The van der Waals surface area contributed by atoms with Gasteiger partial charge in [0.15, 0.2) is 11.5 Å². The number of aryl methyl sites for hydroxylation is 1. The van der Waals surface area contributed by atoms with E-state index in [1.54, 1.807) is 7.11 Å². The third-order valence-electron chi connectivity index (χ3n) is 4.06. The van der Waals surface area contributed by atoms with Crippen LogP contribution >= 0.6 is 0 Å². The maximum Gasteiger partial charge on any atom is 0.311 e. The van der Waals surface area contributed by atoms with Crippen molar-refractivity contribution in [2.24, 2.45) is 0 Å². The molecule has 0 bridgehead atoms. The van der Waals surface area contributed by atoms with E-state index in [4.69, 9.17) is 9.47 Å². The lowest BCUT2D eigenvalue weighted by Gasteiger charge is -2.15. The molecule has 24 heavy (non-hydrogen) atoms. The van der Waals surface area contributed by atoms with E-state index in [1.165, 1.54) is 5.56 Å². The highest BCUT2D eigenvalue weighted by Gasteiger charge is 2.21. The first-order valence-corrected chi connectivity index (χ1v) is 8.20. The van der Waals surface area contributed by atoms with Crippen LogP contribution in [0.3, 0.4) is 0 Å². The van der Waals surface area contributed by atoms with Gasteiger partial charge in [0, 0.05) is 0 Å². The van der Waals surface area contributed by atoms with Crippen molar-refractivity contribution in [2.75, 3.05) is 13.7 Å². The van der Waals surface area contributed by atoms with Gasteiger partial charge in [-0.2, -0.15) is 0 Å². The summed E-state index contributed by atoms with van der Waals surface area (Å²) in [5.74, 6) is -0.116. The summed E-state index contributed by atoms with van der Waals surface area (Å²) in [5, 5.41) is 9.63. The fourth-order valence-corrected chi connectivity index (χ4v) is 2.69. The number of aliphatic carboxylic acids is 1. The smallest absolute Gasteiger partial charge is 0.311 e. The Balaban J connectivity index is 2.27. The Morgan fingerprint density at radius 1 is 1.04 bits per heavy atom. The molecule has 0 amide bonds. The number of methoxy groups -OCH3 is 1. The number of hydrogen-bond donors (Lipinski definition) is 1. The third-order valence-corrected chi connectivity index (χ3v) is 4.06. The molecule has 1 N–H and O–H groups in total. The number of carboxylic acid groups (broad SMARTS) is 1. The Labute approximate surface area is 143 Å². The second kappa shape index (κ2) is 8.39. The summed E-state index contributed by atoms with van der Waals surface area (Å²) in [6.07, 6.45) is 1.35. The second-order valence-electron chi connectivity index (χ2n) is 5.61. The van der Waals surface area contributed by atoms with Gasteiger partial charge in [-0.25, -0.2) is 0 Å². The maximum atomic E-state index is 11.7. The lowest BCUT2D eigenvalue weighted by atomic mass is 9.91. The van der Waals surface area contributed by atoms with Crippen molar-refractivity contribution in [1.29, 1.82) is 0 Å². The van der Waals surface area contributed by atoms with Crippen LogP contribution < -0.4 is 9.47 Å². The lowest BCUT2D eigenvalue weighted by Crippen LogP contribution is -2.14. The predicted molar refractivity (Wildman–Crippen MR) is 94.1 cm³/mol. The summed E-state index contributed by atoms with van der Waals surface area (Å²) in [4.78, 5) is 11.7. The Morgan fingerprint density at radius 2 is 1.71 bits per heavy atom. The van der Waals surface area contributed by atoms with Crippen LogP contribution in [-0.2, 0) is 17.6 Å². The summed E-state index contributed by atoms with van der Waals surface area (Å²) >= 11 is 0. The maximum absolute atomic E-state index is 11.7. The van der Waals surface area contributed by atoms with Crippen LogP contribution in [0.2, 0.25) is 0 Å². The minimum Gasteiger partial charge on any atom is -0.493 e. The van der Waals surface area contributed by atoms with E-state index in [1.807, 2.05) is 49.4 Å². The first kappa shape index (κ1) is 17.9. The quantitative estimate of drug-likeness (QED) is 0.794. The van der Waals surface area contributed by atoms with Crippen molar-refractivity contribution in [3.05, 3.63) is 59.2 Å². The molecular formula is C20H24O4. The number of carboxylic acids is 1. The van der Waals surface area contributed by atoms with Crippen LogP contribution in [0.15, 0.2) is 42.5 Å². The van der Waals surface area contributed by atoms with E-state index in [-0.39, 0.29) is 0 Å². The minimum absolute atomic E-state index is 0.408. The summed E-state index contributed by atoms with van der Waals surface area (Å²) < 4.78 is 10.8. The van der Waals surface area contributed by atoms with Gasteiger partial charge in [-0.15, -0.1) is 0 Å². The highest BCUT2D eigenvalue weighted by atomic mass is 16.5. The average Bonchev–Trinajstić information content (AvgIpc) is 2.60. The van der Waals surface area contributed by atoms with Gasteiger partial charge in [0.05, 0.1) is 19.6 Å². The van der Waals surface area contributed by atoms with Crippen molar-refractivity contribution < 1.29 is 19.4 Å². The largest absolute Gasteiger partial charge is 0.493 e. The van der Waals surface area contributed by atoms with Crippen molar-refractivity contribution in [2.45, 2.75) is 32.6 Å². The molecule has 1 unspecified atom stereocenters. The molecule has 0 aliphatic carbocycles. The zero-order valence-corrected chi connectivity index (χ0v) is 14.4. The molecule has 0 radical (unpaired) electrons. The van der Waals surface area contributed by atoms with E-state index >= 15 is 0 Å². The molecule has 2 rings (SSSR count). The van der Waals surface area contributed by atoms with E-state index in [2.05, 4.69) is 6.92 Å². The summed E-state index contributed by atoms with van der Waals surface area (Å²) in [5.41, 5.74) is 2.92. The molecule has 0 spiro atoms. The van der Waals surface area contributed by atoms with Crippen LogP contribution in [0.1, 0.15) is 36.5 Å². The normalized spacial score (nSPS) is 11.8. The molecule has 0 aliphatic heterocycles. The molecule has 4 nitrogen and oxygen atoms in total. The fourth-order valence-electron chi connectivity index (χ4n) is 2.69. The van der Waals surface area contributed by atoms with Crippen LogP contribution in [0.5, 0.6) is 11.5 Å². The standard InChI is InChI=1S/C20H24O4/c1-4-14-6-9-16(10-7-14)17(20(21)22)12-15-8-11-18(23-3)19(13-15)24-5-2/h6-11,13,17H,4-5,12H2,1-3H3,(H,21,22). The van der Waals surface area contributed by atoms with Gasteiger partial charge in [-0.05, 0) is 48.6 Å². The average molecular weight is 328 g/mol. The molecule has 1 atom stereocenters. The van der Waals surface area contributed by atoms with Gasteiger partial charge in [0.1, 0.15) is 0 Å². The molecular weight excluding hydrogens is 304 g/mol. The van der Waals surface area contributed by atoms with Gasteiger partial charge < -0.3 is 14.6 Å². The molecule has 0 aromatic heterocycles. The van der Waals surface area contributed by atoms with E-state index < -0.39 is 11.9 Å². The second-order valence-corrected chi connectivity index (χ2v) is 5.61.